The second-order valence-electron chi connectivity index (χ2n) is 6.10. The van der Waals surface area contributed by atoms with Crippen molar-refractivity contribution >= 4 is 17.3 Å². The van der Waals surface area contributed by atoms with Crippen molar-refractivity contribution in [2.75, 3.05) is 32.5 Å². The Morgan fingerprint density at radius 2 is 2.10 bits per heavy atom. The molecule has 1 aromatic rings. The maximum absolute atomic E-state index is 11.8. The Bertz CT molecular complexity index is 520. The van der Waals surface area contributed by atoms with E-state index < -0.39 is 0 Å². The molecule has 5 nitrogen and oxygen atoms in total. The molecule has 1 aliphatic carbocycles. The summed E-state index contributed by atoms with van der Waals surface area (Å²) in [5.74, 6) is 0. The lowest BCUT2D eigenvalue weighted by molar-refractivity contribution is 0.215. The maximum atomic E-state index is 11.8. The first kappa shape index (κ1) is 15.3. The van der Waals surface area contributed by atoms with E-state index in [4.69, 9.17) is 11.6 Å². The highest BCUT2D eigenvalue weighted by Crippen LogP contribution is 2.38. The minimum atomic E-state index is -0.259. The predicted molar refractivity (Wildman–Crippen MR) is 82.4 cm³/mol. The van der Waals surface area contributed by atoms with Crippen molar-refractivity contribution in [1.82, 2.24) is 14.7 Å². The first-order valence-corrected chi connectivity index (χ1v) is 7.42. The Morgan fingerprint density at radius 1 is 1.45 bits per heavy atom. The van der Waals surface area contributed by atoms with Gasteiger partial charge in [-0.25, -0.2) is 4.68 Å². The Kier molecular flexibility index (Phi) is 4.70. The van der Waals surface area contributed by atoms with Gasteiger partial charge in [-0.3, -0.25) is 4.79 Å². The average Bonchev–Trinajstić information content (AvgIpc) is 2.83. The van der Waals surface area contributed by atoms with Gasteiger partial charge >= 0.3 is 0 Å². The molecular weight excluding hydrogens is 276 g/mol. The molecule has 0 saturated heterocycles. The monoisotopic (exact) mass is 298 g/mol. The summed E-state index contributed by atoms with van der Waals surface area (Å²) in [7, 11) is 5.81. The van der Waals surface area contributed by atoms with Crippen LogP contribution in [0.5, 0.6) is 0 Å². The molecule has 0 aliphatic heterocycles. The third kappa shape index (κ3) is 3.33. The van der Waals surface area contributed by atoms with Crippen molar-refractivity contribution < 1.29 is 0 Å². The van der Waals surface area contributed by atoms with Crippen molar-refractivity contribution in [1.29, 1.82) is 0 Å². The molecule has 1 fully saturated rings. The van der Waals surface area contributed by atoms with Gasteiger partial charge in [0.25, 0.3) is 5.56 Å². The molecule has 0 unspecified atom stereocenters. The number of aryl methyl sites for hydroxylation is 1. The first-order chi connectivity index (χ1) is 9.43. The molecule has 0 bridgehead atoms. The van der Waals surface area contributed by atoms with E-state index in [0.29, 0.717) is 5.69 Å². The molecule has 1 aliphatic rings. The number of nitrogens with one attached hydrogen (secondary N) is 1. The van der Waals surface area contributed by atoms with Crippen LogP contribution in [0.3, 0.4) is 0 Å². The SMILES string of the molecule is CN(C)CC1(CNc2cnn(C)c(=O)c2Cl)CCCC1. The molecule has 0 aromatic carbocycles. The lowest BCUT2D eigenvalue weighted by Gasteiger charge is -2.32. The van der Waals surface area contributed by atoms with Gasteiger partial charge in [0.1, 0.15) is 5.02 Å². The number of aromatic nitrogens is 2. The summed E-state index contributed by atoms with van der Waals surface area (Å²) in [6.07, 6.45) is 6.61. The zero-order chi connectivity index (χ0) is 14.8. The molecule has 1 saturated carbocycles. The van der Waals surface area contributed by atoms with Gasteiger partial charge in [0, 0.05) is 25.6 Å². The third-order valence-corrected chi connectivity index (χ3v) is 4.41. The first-order valence-electron chi connectivity index (χ1n) is 7.04. The molecule has 0 radical (unpaired) electrons. The van der Waals surface area contributed by atoms with Crippen molar-refractivity contribution in [2.24, 2.45) is 12.5 Å². The number of halogens is 1. The Morgan fingerprint density at radius 3 is 2.70 bits per heavy atom. The van der Waals surface area contributed by atoms with Crippen molar-refractivity contribution in [2.45, 2.75) is 25.7 Å². The van der Waals surface area contributed by atoms with E-state index >= 15 is 0 Å². The van der Waals surface area contributed by atoms with Gasteiger partial charge in [-0.05, 0) is 26.9 Å². The summed E-state index contributed by atoms with van der Waals surface area (Å²) in [5.41, 5.74) is 0.651. The summed E-state index contributed by atoms with van der Waals surface area (Å²) in [6.45, 7) is 1.88. The molecule has 0 spiro atoms. The molecule has 0 amide bonds. The smallest absolute Gasteiger partial charge is 0.287 e. The maximum Gasteiger partial charge on any atom is 0.287 e. The van der Waals surface area contributed by atoms with E-state index in [0.717, 1.165) is 13.1 Å². The van der Waals surface area contributed by atoms with Gasteiger partial charge in [0.2, 0.25) is 0 Å². The van der Waals surface area contributed by atoms with Gasteiger partial charge in [-0.1, -0.05) is 24.4 Å². The van der Waals surface area contributed by atoms with E-state index in [1.165, 1.54) is 30.4 Å². The fraction of sp³-hybridized carbons (Fsp3) is 0.714. The molecule has 0 atom stereocenters. The summed E-state index contributed by atoms with van der Waals surface area (Å²) >= 11 is 6.09. The third-order valence-electron chi connectivity index (χ3n) is 4.05. The lowest BCUT2D eigenvalue weighted by Crippen LogP contribution is -2.37. The zero-order valence-electron chi connectivity index (χ0n) is 12.4. The van der Waals surface area contributed by atoms with Crippen molar-refractivity contribution in [3.05, 3.63) is 21.6 Å². The summed E-state index contributed by atoms with van der Waals surface area (Å²) in [6, 6.07) is 0. The van der Waals surface area contributed by atoms with Gasteiger partial charge in [-0.15, -0.1) is 0 Å². The average molecular weight is 299 g/mol. The fourth-order valence-electron chi connectivity index (χ4n) is 3.10. The molecule has 20 heavy (non-hydrogen) atoms. The minimum absolute atomic E-state index is 0.223. The Hall–Kier alpha value is -1.07. The second-order valence-corrected chi connectivity index (χ2v) is 6.48. The van der Waals surface area contributed by atoms with Gasteiger partial charge < -0.3 is 10.2 Å². The minimum Gasteiger partial charge on any atom is -0.382 e. The highest BCUT2D eigenvalue weighted by molar-refractivity contribution is 6.32. The van der Waals surface area contributed by atoms with E-state index in [2.05, 4.69) is 29.4 Å². The topological polar surface area (TPSA) is 50.2 Å². The Labute approximate surface area is 124 Å². The van der Waals surface area contributed by atoms with Crippen LogP contribution in [0.4, 0.5) is 5.69 Å². The molecule has 1 aromatic heterocycles. The molecule has 1 heterocycles. The summed E-state index contributed by atoms with van der Waals surface area (Å²) in [5, 5.41) is 7.57. The summed E-state index contributed by atoms with van der Waals surface area (Å²) in [4.78, 5) is 14.0. The number of hydrogen-bond donors (Lipinski definition) is 1. The second kappa shape index (κ2) is 6.14. The van der Waals surface area contributed by atoms with Crippen LogP contribution >= 0.6 is 11.6 Å². The van der Waals surface area contributed by atoms with Crippen LogP contribution in [0.15, 0.2) is 11.0 Å². The quantitative estimate of drug-likeness (QED) is 0.903. The number of hydrogen-bond acceptors (Lipinski definition) is 4. The molecule has 112 valence electrons. The van der Waals surface area contributed by atoms with Crippen LogP contribution < -0.4 is 10.9 Å². The van der Waals surface area contributed by atoms with Crippen LogP contribution in [-0.4, -0.2) is 41.9 Å². The molecule has 1 N–H and O–H groups in total. The van der Waals surface area contributed by atoms with Crippen LogP contribution in [0, 0.1) is 5.41 Å². The van der Waals surface area contributed by atoms with Gasteiger partial charge in [0.05, 0.1) is 11.9 Å². The fourth-order valence-corrected chi connectivity index (χ4v) is 3.34. The van der Waals surface area contributed by atoms with E-state index in [-0.39, 0.29) is 16.0 Å². The Balaban J connectivity index is 2.10. The van der Waals surface area contributed by atoms with Gasteiger partial charge in [-0.2, -0.15) is 5.10 Å². The van der Waals surface area contributed by atoms with Crippen molar-refractivity contribution in [3.63, 3.8) is 0 Å². The summed E-state index contributed by atoms with van der Waals surface area (Å²) < 4.78 is 1.25. The van der Waals surface area contributed by atoms with Crippen LogP contribution in [0.1, 0.15) is 25.7 Å². The van der Waals surface area contributed by atoms with E-state index in [1.54, 1.807) is 13.2 Å². The normalized spacial score (nSPS) is 17.6. The predicted octanol–water partition coefficient (Wildman–Crippen LogP) is 1.97. The van der Waals surface area contributed by atoms with Crippen LogP contribution in [0.25, 0.3) is 0 Å². The molecule has 2 rings (SSSR count). The number of anilines is 1. The van der Waals surface area contributed by atoms with Crippen LogP contribution in [0.2, 0.25) is 5.02 Å². The molecule has 6 heteroatoms. The highest BCUT2D eigenvalue weighted by atomic mass is 35.5. The van der Waals surface area contributed by atoms with E-state index in [1.807, 2.05) is 0 Å². The van der Waals surface area contributed by atoms with Crippen LogP contribution in [-0.2, 0) is 7.05 Å². The standard InChI is InChI=1S/C14H23ClN4O/c1-18(2)10-14(6-4-5-7-14)9-16-11-8-17-19(3)13(20)12(11)15/h8,16H,4-7,9-10H2,1-3H3. The van der Waals surface area contributed by atoms with Gasteiger partial charge in [0.15, 0.2) is 0 Å². The number of nitrogens with zero attached hydrogens (tertiary/aromatic N) is 3. The highest BCUT2D eigenvalue weighted by Gasteiger charge is 2.34. The molecular formula is C14H23ClN4O. The van der Waals surface area contributed by atoms with E-state index in [9.17, 15) is 4.79 Å². The largest absolute Gasteiger partial charge is 0.382 e. The zero-order valence-corrected chi connectivity index (χ0v) is 13.2. The van der Waals surface area contributed by atoms with Crippen molar-refractivity contribution in [3.8, 4) is 0 Å². The lowest BCUT2D eigenvalue weighted by atomic mass is 9.85. The number of rotatable bonds is 5.